The third-order valence-corrected chi connectivity index (χ3v) is 3.49. The lowest BCUT2D eigenvalue weighted by atomic mass is 9.83. The van der Waals surface area contributed by atoms with Crippen molar-refractivity contribution in [2.75, 3.05) is 19.6 Å². The van der Waals surface area contributed by atoms with E-state index in [0.29, 0.717) is 6.54 Å². The molecule has 0 bridgehead atoms. The molecule has 92 valence electrons. The Morgan fingerprint density at radius 1 is 1.31 bits per heavy atom. The fourth-order valence-corrected chi connectivity index (χ4v) is 2.43. The molecule has 2 N–H and O–H groups in total. The van der Waals surface area contributed by atoms with Gasteiger partial charge in [-0.15, -0.1) is 0 Å². The monoisotopic (exact) mass is 226 g/mol. The van der Waals surface area contributed by atoms with Crippen LogP contribution in [0.25, 0.3) is 0 Å². The molecular weight excluding hydrogens is 204 g/mol. The molecule has 2 fully saturated rings. The van der Waals surface area contributed by atoms with Crippen LogP contribution in [0.4, 0.5) is 0 Å². The Bertz CT molecular complexity index is 277. The Morgan fingerprint density at radius 2 is 1.94 bits per heavy atom. The molecule has 2 rings (SSSR count). The summed E-state index contributed by atoms with van der Waals surface area (Å²) in [6.07, 6.45) is 1.65. The predicted molar refractivity (Wildman–Crippen MR) is 62.2 cm³/mol. The molecule has 0 radical (unpaired) electrons. The highest BCUT2D eigenvalue weighted by Crippen LogP contribution is 2.33. The second kappa shape index (κ2) is 4.00. The Morgan fingerprint density at radius 3 is 2.50 bits per heavy atom. The maximum absolute atomic E-state index is 11.8. The first-order valence-electron chi connectivity index (χ1n) is 6.09. The van der Waals surface area contributed by atoms with Crippen molar-refractivity contribution in [3.63, 3.8) is 0 Å². The predicted octanol–water partition coefficient (Wildman–Crippen LogP) is 0.670. The average Bonchev–Trinajstić information content (AvgIpc) is 2.22. The Hall–Kier alpha value is -0.610. The first-order valence-corrected chi connectivity index (χ1v) is 6.09. The van der Waals surface area contributed by atoms with Crippen molar-refractivity contribution < 1.29 is 9.53 Å². The van der Waals surface area contributed by atoms with Crippen molar-refractivity contribution in [1.29, 1.82) is 0 Å². The summed E-state index contributed by atoms with van der Waals surface area (Å²) < 4.78 is 6.14. The second-order valence-corrected chi connectivity index (χ2v) is 6.01. The average molecular weight is 226 g/mol. The van der Waals surface area contributed by atoms with Gasteiger partial charge in [-0.3, -0.25) is 4.79 Å². The molecule has 1 atom stereocenters. The summed E-state index contributed by atoms with van der Waals surface area (Å²) in [4.78, 5) is 11.8. The summed E-state index contributed by atoms with van der Waals surface area (Å²) in [6.45, 7) is 8.78. The maximum Gasteiger partial charge on any atom is 0.249 e. The first-order chi connectivity index (χ1) is 7.43. The third kappa shape index (κ3) is 2.23. The van der Waals surface area contributed by atoms with Crippen LogP contribution in [0, 0.1) is 5.41 Å². The van der Waals surface area contributed by atoms with E-state index in [0.717, 1.165) is 25.9 Å². The van der Waals surface area contributed by atoms with Crippen molar-refractivity contribution in [2.24, 2.45) is 5.41 Å². The van der Waals surface area contributed by atoms with Crippen molar-refractivity contribution in [3.05, 3.63) is 0 Å². The zero-order valence-electron chi connectivity index (χ0n) is 10.4. The summed E-state index contributed by atoms with van der Waals surface area (Å²) in [5.41, 5.74) is -0.264. The Kier molecular flexibility index (Phi) is 2.97. The topological polar surface area (TPSA) is 50.4 Å². The lowest BCUT2D eigenvalue weighted by Crippen LogP contribution is -2.62. The van der Waals surface area contributed by atoms with E-state index in [1.165, 1.54) is 0 Å². The number of ether oxygens (including phenoxy) is 1. The molecule has 16 heavy (non-hydrogen) atoms. The van der Waals surface area contributed by atoms with Gasteiger partial charge in [0, 0.05) is 6.54 Å². The molecule has 2 saturated heterocycles. The SMILES string of the molecule is CC(C)(C)C1OC2(CCNCC2)CNC1=O. The molecule has 2 aliphatic rings. The van der Waals surface area contributed by atoms with Gasteiger partial charge in [0.15, 0.2) is 0 Å². The van der Waals surface area contributed by atoms with E-state index in [1.54, 1.807) is 0 Å². The van der Waals surface area contributed by atoms with E-state index in [-0.39, 0.29) is 23.0 Å². The van der Waals surface area contributed by atoms with Gasteiger partial charge in [-0.05, 0) is 31.3 Å². The van der Waals surface area contributed by atoms with Crippen LogP contribution in [-0.4, -0.2) is 37.2 Å². The van der Waals surface area contributed by atoms with Gasteiger partial charge in [-0.25, -0.2) is 0 Å². The minimum atomic E-state index is -0.320. The van der Waals surface area contributed by atoms with E-state index in [2.05, 4.69) is 31.4 Å². The summed E-state index contributed by atoms with van der Waals surface area (Å²) in [7, 11) is 0. The molecule has 0 aromatic carbocycles. The highest BCUT2D eigenvalue weighted by molar-refractivity contribution is 5.82. The van der Waals surface area contributed by atoms with Crippen LogP contribution in [0.15, 0.2) is 0 Å². The van der Waals surface area contributed by atoms with Gasteiger partial charge in [0.1, 0.15) is 6.10 Å². The van der Waals surface area contributed by atoms with Gasteiger partial charge in [0.25, 0.3) is 0 Å². The standard InChI is InChI=1S/C12H22N2O2/c1-11(2,3)9-10(15)14-8-12(16-9)4-6-13-7-5-12/h9,13H,4-8H2,1-3H3,(H,14,15). The Labute approximate surface area is 97.1 Å². The largest absolute Gasteiger partial charge is 0.359 e. The van der Waals surface area contributed by atoms with E-state index in [9.17, 15) is 4.79 Å². The van der Waals surface area contributed by atoms with E-state index < -0.39 is 0 Å². The molecule has 0 aliphatic carbocycles. The van der Waals surface area contributed by atoms with E-state index in [1.807, 2.05) is 0 Å². The molecular formula is C12H22N2O2. The van der Waals surface area contributed by atoms with Crippen molar-refractivity contribution in [3.8, 4) is 0 Å². The van der Waals surface area contributed by atoms with Crippen molar-refractivity contribution in [1.82, 2.24) is 10.6 Å². The maximum atomic E-state index is 11.8. The zero-order chi connectivity index (χ0) is 11.8. The van der Waals surface area contributed by atoms with Gasteiger partial charge in [0.2, 0.25) is 5.91 Å². The molecule has 2 aliphatic heterocycles. The molecule has 0 aromatic heterocycles. The summed E-state index contributed by atoms with van der Waals surface area (Å²) in [5.74, 6) is 0.0386. The fraction of sp³-hybridized carbons (Fsp3) is 0.917. The van der Waals surface area contributed by atoms with Gasteiger partial charge in [0.05, 0.1) is 5.60 Å². The van der Waals surface area contributed by atoms with Gasteiger partial charge in [-0.2, -0.15) is 0 Å². The van der Waals surface area contributed by atoms with Crippen LogP contribution in [-0.2, 0) is 9.53 Å². The number of amides is 1. The van der Waals surface area contributed by atoms with Gasteiger partial charge in [-0.1, -0.05) is 20.8 Å². The highest BCUT2D eigenvalue weighted by Gasteiger charge is 2.45. The van der Waals surface area contributed by atoms with Crippen LogP contribution < -0.4 is 10.6 Å². The van der Waals surface area contributed by atoms with Crippen LogP contribution in [0.5, 0.6) is 0 Å². The van der Waals surface area contributed by atoms with Gasteiger partial charge < -0.3 is 15.4 Å². The molecule has 1 amide bonds. The summed E-state index contributed by atoms with van der Waals surface area (Å²) in [6, 6.07) is 0. The number of nitrogens with one attached hydrogen (secondary N) is 2. The molecule has 2 heterocycles. The molecule has 1 spiro atoms. The van der Waals surface area contributed by atoms with Gasteiger partial charge >= 0.3 is 0 Å². The van der Waals surface area contributed by atoms with E-state index >= 15 is 0 Å². The minimum absolute atomic E-state index is 0.0386. The van der Waals surface area contributed by atoms with Crippen molar-refractivity contribution in [2.45, 2.75) is 45.3 Å². The molecule has 0 aromatic rings. The highest BCUT2D eigenvalue weighted by atomic mass is 16.5. The molecule has 4 heteroatoms. The molecule has 1 unspecified atom stereocenters. The second-order valence-electron chi connectivity index (χ2n) is 6.01. The summed E-state index contributed by atoms with van der Waals surface area (Å²) in [5, 5.41) is 6.34. The third-order valence-electron chi connectivity index (χ3n) is 3.49. The number of rotatable bonds is 0. The zero-order valence-corrected chi connectivity index (χ0v) is 10.4. The Balaban J connectivity index is 2.12. The van der Waals surface area contributed by atoms with Crippen LogP contribution in [0.2, 0.25) is 0 Å². The smallest absolute Gasteiger partial charge is 0.249 e. The number of hydrogen-bond acceptors (Lipinski definition) is 3. The van der Waals surface area contributed by atoms with Crippen LogP contribution >= 0.6 is 0 Å². The summed E-state index contributed by atoms with van der Waals surface area (Å²) >= 11 is 0. The minimum Gasteiger partial charge on any atom is -0.359 e. The number of carbonyl (C=O) groups excluding carboxylic acids is 1. The number of morpholine rings is 1. The number of carbonyl (C=O) groups is 1. The number of hydrogen-bond donors (Lipinski definition) is 2. The first kappa shape index (κ1) is 11.9. The van der Waals surface area contributed by atoms with Crippen LogP contribution in [0.3, 0.4) is 0 Å². The molecule has 0 saturated carbocycles. The van der Waals surface area contributed by atoms with E-state index in [4.69, 9.17) is 4.74 Å². The normalized spacial score (nSPS) is 30.2. The van der Waals surface area contributed by atoms with Crippen molar-refractivity contribution >= 4 is 5.91 Å². The van der Waals surface area contributed by atoms with Crippen LogP contribution in [0.1, 0.15) is 33.6 Å². The fourth-order valence-electron chi connectivity index (χ4n) is 2.43. The lowest BCUT2D eigenvalue weighted by molar-refractivity contribution is -0.182. The quantitative estimate of drug-likeness (QED) is 0.638. The number of piperidine rings is 1. The lowest BCUT2D eigenvalue weighted by Gasteiger charge is -2.46. The molecule has 4 nitrogen and oxygen atoms in total.